The van der Waals surface area contributed by atoms with Crippen LogP contribution in [0, 0.1) is 6.92 Å². The summed E-state index contributed by atoms with van der Waals surface area (Å²) in [6.07, 6.45) is -0.801. The van der Waals surface area contributed by atoms with Gasteiger partial charge in [0.2, 0.25) is 5.78 Å². The highest BCUT2D eigenvalue weighted by atomic mass is 79.9. The number of rotatable bonds is 4. The first-order valence-electron chi connectivity index (χ1n) is 6.04. The molecule has 0 bridgehead atoms. The third-order valence-corrected chi connectivity index (χ3v) is 4.35. The van der Waals surface area contributed by atoms with Gasteiger partial charge in [-0.05, 0) is 43.0 Å². The van der Waals surface area contributed by atoms with E-state index >= 15 is 0 Å². The molecule has 2 rings (SSSR count). The van der Waals surface area contributed by atoms with Gasteiger partial charge >= 0.3 is 5.97 Å². The molecule has 0 amide bonds. The maximum absolute atomic E-state index is 12.2. The molecule has 0 unspecified atom stereocenters. The molecule has 0 aliphatic heterocycles. The summed E-state index contributed by atoms with van der Waals surface area (Å²) in [5.41, 5.74) is 1.39. The van der Waals surface area contributed by atoms with Crippen molar-refractivity contribution < 1.29 is 14.3 Å². The number of benzene rings is 1. The molecule has 0 radical (unpaired) electrons. The van der Waals surface area contributed by atoms with E-state index in [4.69, 9.17) is 4.74 Å². The maximum atomic E-state index is 12.2. The summed E-state index contributed by atoms with van der Waals surface area (Å²) in [4.78, 5) is 24.7. The number of halogens is 1. The Kier molecular flexibility index (Phi) is 4.73. The zero-order valence-electron chi connectivity index (χ0n) is 11.1. The third-order valence-electron chi connectivity index (χ3n) is 2.83. The monoisotopic (exact) mass is 352 g/mol. The smallest absolute Gasteiger partial charge is 0.349 e. The number of ether oxygens (including phenoxy) is 1. The van der Waals surface area contributed by atoms with E-state index in [-0.39, 0.29) is 5.78 Å². The summed E-state index contributed by atoms with van der Waals surface area (Å²) in [6.45, 7) is 3.43. The molecule has 0 aliphatic carbocycles. The first-order valence-corrected chi connectivity index (χ1v) is 7.71. The summed E-state index contributed by atoms with van der Waals surface area (Å²) in [6, 6.07) is 8.82. The van der Waals surface area contributed by atoms with Gasteiger partial charge in [-0.1, -0.05) is 28.1 Å². The van der Waals surface area contributed by atoms with E-state index < -0.39 is 12.1 Å². The highest BCUT2D eigenvalue weighted by Crippen LogP contribution is 2.18. The highest BCUT2D eigenvalue weighted by Gasteiger charge is 2.21. The van der Waals surface area contributed by atoms with Crippen LogP contribution in [0.15, 0.2) is 40.2 Å². The minimum Gasteiger partial charge on any atom is -0.450 e. The average Bonchev–Trinajstić information content (AvgIpc) is 2.85. The minimum absolute atomic E-state index is 0.208. The van der Waals surface area contributed by atoms with Gasteiger partial charge < -0.3 is 4.74 Å². The van der Waals surface area contributed by atoms with E-state index in [9.17, 15) is 9.59 Å². The lowest BCUT2D eigenvalue weighted by Gasteiger charge is -2.12. The second-order valence-electron chi connectivity index (χ2n) is 4.35. The Bertz CT molecular complexity index is 631. The summed E-state index contributed by atoms with van der Waals surface area (Å²) in [7, 11) is 0. The van der Waals surface area contributed by atoms with Crippen LogP contribution in [0.3, 0.4) is 0 Å². The van der Waals surface area contributed by atoms with Gasteiger partial charge in [0.1, 0.15) is 4.88 Å². The molecule has 0 saturated heterocycles. The van der Waals surface area contributed by atoms with Crippen LogP contribution in [0.1, 0.15) is 32.5 Å². The van der Waals surface area contributed by atoms with Crippen molar-refractivity contribution in [2.75, 3.05) is 0 Å². The maximum Gasteiger partial charge on any atom is 0.349 e. The zero-order chi connectivity index (χ0) is 14.7. The fraction of sp³-hybridized carbons (Fsp3) is 0.200. The Balaban J connectivity index is 2.06. The lowest BCUT2D eigenvalue weighted by atomic mass is 10.1. The Hall–Kier alpha value is -1.46. The van der Waals surface area contributed by atoms with E-state index in [0.717, 1.165) is 10.0 Å². The van der Waals surface area contributed by atoms with Crippen LogP contribution in [-0.4, -0.2) is 17.9 Å². The largest absolute Gasteiger partial charge is 0.450 e. The average molecular weight is 353 g/mol. The van der Waals surface area contributed by atoms with Crippen molar-refractivity contribution in [3.8, 4) is 0 Å². The molecule has 1 aromatic carbocycles. The van der Waals surface area contributed by atoms with E-state index in [1.54, 1.807) is 31.2 Å². The van der Waals surface area contributed by atoms with Gasteiger partial charge in [0.15, 0.2) is 6.10 Å². The lowest BCUT2D eigenvalue weighted by Crippen LogP contribution is -2.24. The van der Waals surface area contributed by atoms with Gasteiger partial charge in [-0.25, -0.2) is 4.79 Å². The summed E-state index contributed by atoms with van der Waals surface area (Å²) < 4.78 is 6.13. The van der Waals surface area contributed by atoms with Gasteiger partial charge in [-0.2, -0.15) is 0 Å². The molecule has 3 nitrogen and oxygen atoms in total. The molecule has 1 atom stereocenters. The van der Waals surface area contributed by atoms with Crippen molar-refractivity contribution >= 4 is 39.0 Å². The molecule has 2 aromatic rings. The number of Topliss-reactive ketones (excluding diaryl/α,β-unsaturated/α-hetero) is 1. The van der Waals surface area contributed by atoms with Crippen LogP contribution in [0.4, 0.5) is 0 Å². The van der Waals surface area contributed by atoms with Crippen LogP contribution >= 0.6 is 27.3 Å². The molecule has 20 heavy (non-hydrogen) atoms. The minimum atomic E-state index is -0.801. The van der Waals surface area contributed by atoms with Crippen LogP contribution in [0.2, 0.25) is 0 Å². The number of ketones is 1. The SMILES string of the molecule is Cc1ccsc1C(=O)O[C@@H](C)C(=O)c1ccc(Br)cc1. The molecule has 1 aromatic heterocycles. The fourth-order valence-corrected chi connectivity index (χ4v) is 2.77. The van der Waals surface area contributed by atoms with Crippen molar-refractivity contribution in [3.05, 3.63) is 56.2 Å². The second kappa shape index (κ2) is 6.33. The van der Waals surface area contributed by atoms with E-state index in [2.05, 4.69) is 15.9 Å². The first-order chi connectivity index (χ1) is 9.49. The van der Waals surface area contributed by atoms with Crippen LogP contribution in [0.25, 0.3) is 0 Å². The van der Waals surface area contributed by atoms with Crippen molar-refractivity contribution in [1.29, 1.82) is 0 Å². The number of hydrogen-bond donors (Lipinski definition) is 0. The number of aryl methyl sites for hydroxylation is 1. The lowest BCUT2D eigenvalue weighted by molar-refractivity contribution is 0.0323. The van der Waals surface area contributed by atoms with Gasteiger partial charge in [0, 0.05) is 10.0 Å². The molecule has 1 heterocycles. The predicted octanol–water partition coefficient (Wildman–Crippen LogP) is 4.25. The third kappa shape index (κ3) is 3.35. The molecule has 5 heteroatoms. The van der Waals surface area contributed by atoms with Crippen LogP contribution < -0.4 is 0 Å². The number of esters is 1. The van der Waals surface area contributed by atoms with Crippen molar-refractivity contribution in [1.82, 2.24) is 0 Å². The molecule has 0 aliphatic rings. The number of carbonyl (C=O) groups is 2. The molecular weight excluding hydrogens is 340 g/mol. The normalized spacial score (nSPS) is 11.9. The quantitative estimate of drug-likeness (QED) is 0.610. The van der Waals surface area contributed by atoms with Gasteiger partial charge in [-0.3, -0.25) is 4.79 Å². The van der Waals surface area contributed by atoms with Crippen molar-refractivity contribution in [3.63, 3.8) is 0 Å². The fourth-order valence-electron chi connectivity index (χ4n) is 1.70. The van der Waals surface area contributed by atoms with Gasteiger partial charge in [0.05, 0.1) is 0 Å². The Morgan fingerprint density at radius 1 is 1.20 bits per heavy atom. The van der Waals surface area contributed by atoms with Crippen LogP contribution in [0.5, 0.6) is 0 Å². The Morgan fingerprint density at radius 2 is 1.85 bits per heavy atom. The summed E-state index contributed by atoms with van der Waals surface area (Å²) in [5, 5.41) is 1.83. The number of hydrogen-bond acceptors (Lipinski definition) is 4. The topological polar surface area (TPSA) is 43.4 Å². The predicted molar refractivity (Wildman–Crippen MR) is 82.4 cm³/mol. The number of thiophene rings is 1. The Labute approximate surface area is 129 Å². The Morgan fingerprint density at radius 3 is 2.40 bits per heavy atom. The van der Waals surface area contributed by atoms with Gasteiger partial charge in [-0.15, -0.1) is 11.3 Å². The standard InChI is InChI=1S/C15H13BrO3S/c1-9-7-8-20-14(9)15(18)19-10(2)13(17)11-3-5-12(16)6-4-11/h3-8,10H,1-2H3/t10-/m0/s1. The van der Waals surface area contributed by atoms with Gasteiger partial charge in [0.25, 0.3) is 0 Å². The summed E-state index contributed by atoms with van der Waals surface area (Å²) in [5.74, 6) is -0.657. The highest BCUT2D eigenvalue weighted by molar-refractivity contribution is 9.10. The molecular formula is C15H13BrO3S. The first kappa shape index (κ1) is 14.9. The van der Waals surface area contributed by atoms with Crippen molar-refractivity contribution in [2.45, 2.75) is 20.0 Å². The zero-order valence-corrected chi connectivity index (χ0v) is 13.5. The van der Waals surface area contributed by atoms with Crippen molar-refractivity contribution in [2.24, 2.45) is 0 Å². The summed E-state index contributed by atoms with van der Waals surface area (Å²) >= 11 is 4.63. The second-order valence-corrected chi connectivity index (χ2v) is 6.18. The molecule has 0 N–H and O–H groups in total. The molecule has 104 valence electrons. The van der Waals surface area contributed by atoms with E-state index in [1.807, 2.05) is 18.4 Å². The van der Waals surface area contributed by atoms with Crippen LogP contribution in [-0.2, 0) is 4.74 Å². The van der Waals surface area contributed by atoms with E-state index in [1.165, 1.54) is 11.3 Å². The molecule has 0 fully saturated rings. The van der Waals surface area contributed by atoms with E-state index in [0.29, 0.717) is 10.4 Å². The molecule has 0 saturated carbocycles. The molecule has 0 spiro atoms. The number of carbonyl (C=O) groups excluding carboxylic acids is 2.